The van der Waals surface area contributed by atoms with Crippen LogP contribution in [0.15, 0.2) is 30.3 Å². The zero-order valence-corrected chi connectivity index (χ0v) is 12.9. The van der Waals surface area contributed by atoms with E-state index in [0.717, 1.165) is 19.3 Å². The standard InChI is InChI=1S/C17H27NO2/c1-17(2,3)12-15(13-18)16(19)20-11-7-10-14-8-5-4-6-9-14/h4-6,8-9,15H,7,10-13,18H2,1-3H3. The van der Waals surface area contributed by atoms with Crippen LogP contribution in [0.25, 0.3) is 0 Å². The highest BCUT2D eigenvalue weighted by Gasteiger charge is 2.24. The lowest BCUT2D eigenvalue weighted by Gasteiger charge is -2.23. The predicted molar refractivity (Wildman–Crippen MR) is 82.3 cm³/mol. The first-order chi connectivity index (χ1) is 9.42. The van der Waals surface area contributed by atoms with Crippen molar-refractivity contribution >= 4 is 5.97 Å². The van der Waals surface area contributed by atoms with Crippen LogP contribution >= 0.6 is 0 Å². The van der Waals surface area contributed by atoms with Gasteiger partial charge in [0.2, 0.25) is 0 Å². The molecule has 20 heavy (non-hydrogen) atoms. The van der Waals surface area contributed by atoms with Crippen molar-refractivity contribution in [2.75, 3.05) is 13.2 Å². The normalized spacial score (nSPS) is 13.0. The molecule has 1 aromatic carbocycles. The van der Waals surface area contributed by atoms with Gasteiger partial charge in [-0.15, -0.1) is 0 Å². The molecule has 0 aliphatic carbocycles. The van der Waals surface area contributed by atoms with Gasteiger partial charge in [0, 0.05) is 6.54 Å². The molecule has 0 saturated carbocycles. The third-order valence-electron chi connectivity index (χ3n) is 3.17. The van der Waals surface area contributed by atoms with Crippen molar-refractivity contribution in [2.24, 2.45) is 17.1 Å². The van der Waals surface area contributed by atoms with Crippen molar-refractivity contribution in [3.8, 4) is 0 Å². The van der Waals surface area contributed by atoms with E-state index in [1.165, 1.54) is 5.56 Å². The zero-order chi connectivity index (χ0) is 15.0. The molecule has 0 bridgehead atoms. The summed E-state index contributed by atoms with van der Waals surface area (Å²) in [5, 5.41) is 0. The molecule has 3 nitrogen and oxygen atoms in total. The molecular formula is C17H27NO2. The number of rotatable bonds is 7. The second-order valence-corrected chi connectivity index (χ2v) is 6.45. The minimum Gasteiger partial charge on any atom is -0.465 e. The van der Waals surface area contributed by atoms with Crippen LogP contribution in [0.2, 0.25) is 0 Å². The van der Waals surface area contributed by atoms with Crippen molar-refractivity contribution in [1.29, 1.82) is 0 Å². The molecule has 1 aromatic rings. The van der Waals surface area contributed by atoms with Crippen LogP contribution in [0.5, 0.6) is 0 Å². The fourth-order valence-corrected chi connectivity index (χ4v) is 2.21. The lowest BCUT2D eigenvalue weighted by Crippen LogP contribution is -2.29. The molecule has 0 saturated heterocycles. The van der Waals surface area contributed by atoms with Gasteiger partial charge in [0.15, 0.2) is 0 Å². The topological polar surface area (TPSA) is 52.3 Å². The molecule has 2 N–H and O–H groups in total. The monoisotopic (exact) mass is 277 g/mol. The summed E-state index contributed by atoms with van der Waals surface area (Å²) in [6.45, 7) is 7.15. The van der Waals surface area contributed by atoms with E-state index in [9.17, 15) is 4.79 Å². The van der Waals surface area contributed by atoms with E-state index in [0.29, 0.717) is 13.2 Å². The maximum atomic E-state index is 12.0. The summed E-state index contributed by atoms with van der Waals surface area (Å²) >= 11 is 0. The van der Waals surface area contributed by atoms with Gasteiger partial charge in [-0.3, -0.25) is 4.79 Å². The van der Waals surface area contributed by atoms with Gasteiger partial charge in [0.05, 0.1) is 12.5 Å². The number of benzene rings is 1. The fraction of sp³-hybridized carbons (Fsp3) is 0.588. The van der Waals surface area contributed by atoms with Crippen LogP contribution in [0, 0.1) is 11.3 Å². The highest BCUT2D eigenvalue weighted by Crippen LogP contribution is 2.24. The number of aryl methyl sites for hydroxylation is 1. The van der Waals surface area contributed by atoms with E-state index in [1.54, 1.807) is 0 Å². The van der Waals surface area contributed by atoms with Gasteiger partial charge in [-0.05, 0) is 30.2 Å². The Balaban J connectivity index is 2.28. The van der Waals surface area contributed by atoms with E-state index >= 15 is 0 Å². The van der Waals surface area contributed by atoms with Gasteiger partial charge in [0.1, 0.15) is 0 Å². The third kappa shape index (κ3) is 6.71. The highest BCUT2D eigenvalue weighted by atomic mass is 16.5. The molecule has 0 aromatic heterocycles. The quantitative estimate of drug-likeness (QED) is 0.615. The molecular weight excluding hydrogens is 250 g/mol. The minimum absolute atomic E-state index is 0.0904. The average Bonchev–Trinajstić information content (AvgIpc) is 2.41. The van der Waals surface area contributed by atoms with Gasteiger partial charge in [0.25, 0.3) is 0 Å². The summed E-state index contributed by atoms with van der Waals surface area (Å²) in [5.41, 5.74) is 7.04. The van der Waals surface area contributed by atoms with Crippen molar-refractivity contribution in [2.45, 2.75) is 40.0 Å². The first-order valence-corrected chi connectivity index (χ1v) is 7.33. The molecule has 0 radical (unpaired) electrons. The number of carbonyl (C=O) groups is 1. The van der Waals surface area contributed by atoms with Crippen LogP contribution in [0.4, 0.5) is 0 Å². The van der Waals surface area contributed by atoms with Crippen LogP contribution < -0.4 is 5.73 Å². The summed E-state index contributed by atoms with van der Waals surface area (Å²) in [5.74, 6) is -0.345. The largest absolute Gasteiger partial charge is 0.465 e. The second-order valence-electron chi connectivity index (χ2n) is 6.45. The Hall–Kier alpha value is -1.35. The van der Waals surface area contributed by atoms with Gasteiger partial charge in [-0.25, -0.2) is 0 Å². The maximum Gasteiger partial charge on any atom is 0.310 e. The van der Waals surface area contributed by atoms with E-state index in [-0.39, 0.29) is 17.3 Å². The molecule has 0 aliphatic heterocycles. The van der Waals surface area contributed by atoms with Gasteiger partial charge in [-0.1, -0.05) is 51.1 Å². The van der Waals surface area contributed by atoms with Crippen LogP contribution in [0.3, 0.4) is 0 Å². The second kappa shape index (κ2) is 8.05. The molecule has 0 fully saturated rings. The molecule has 1 atom stereocenters. The SMILES string of the molecule is CC(C)(C)CC(CN)C(=O)OCCCc1ccccc1. The molecule has 3 heteroatoms. The third-order valence-corrected chi connectivity index (χ3v) is 3.17. The number of nitrogens with two attached hydrogens (primary N) is 1. The molecule has 1 rings (SSSR count). The van der Waals surface area contributed by atoms with Gasteiger partial charge >= 0.3 is 5.97 Å². The van der Waals surface area contributed by atoms with Gasteiger partial charge < -0.3 is 10.5 Å². The molecule has 0 spiro atoms. The zero-order valence-electron chi connectivity index (χ0n) is 12.9. The Kier molecular flexibility index (Phi) is 6.73. The van der Waals surface area contributed by atoms with Crippen LogP contribution in [-0.2, 0) is 16.0 Å². The molecule has 0 amide bonds. The van der Waals surface area contributed by atoms with E-state index in [2.05, 4.69) is 32.9 Å². The van der Waals surface area contributed by atoms with Gasteiger partial charge in [-0.2, -0.15) is 0 Å². The number of esters is 1. The first-order valence-electron chi connectivity index (χ1n) is 7.33. The van der Waals surface area contributed by atoms with E-state index in [1.807, 2.05) is 18.2 Å². The number of hydrogen-bond donors (Lipinski definition) is 1. The lowest BCUT2D eigenvalue weighted by molar-refractivity contribution is -0.149. The lowest BCUT2D eigenvalue weighted by atomic mass is 9.85. The Bertz CT molecular complexity index is 395. The van der Waals surface area contributed by atoms with Crippen LogP contribution in [-0.4, -0.2) is 19.1 Å². The highest BCUT2D eigenvalue weighted by molar-refractivity contribution is 5.72. The summed E-state index contributed by atoms with van der Waals surface area (Å²) < 4.78 is 5.34. The first kappa shape index (κ1) is 16.7. The fourth-order valence-electron chi connectivity index (χ4n) is 2.21. The van der Waals surface area contributed by atoms with E-state index < -0.39 is 0 Å². The summed E-state index contributed by atoms with van der Waals surface area (Å²) in [6.07, 6.45) is 2.55. The van der Waals surface area contributed by atoms with E-state index in [4.69, 9.17) is 10.5 Å². The summed E-state index contributed by atoms with van der Waals surface area (Å²) in [6, 6.07) is 10.2. The molecule has 1 unspecified atom stereocenters. The smallest absolute Gasteiger partial charge is 0.310 e. The Morgan fingerprint density at radius 3 is 2.45 bits per heavy atom. The van der Waals surface area contributed by atoms with Crippen molar-refractivity contribution < 1.29 is 9.53 Å². The molecule has 0 heterocycles. The Morgan fingerprint density at radius 1 is 1.25 bits per heavy atom. The maximum absolute atomic E-state index is 12.0. The van der Waals surface area contributed by atoms with Crippen molar-refractivity contribution in [1.82, 2.24) is 0 Å². The van der Waals surface area contributed by atoms with Crippen molar-refractivity contribution in [3.63, 3.8) is 0 Å². The summed E-state index contributed by atoms with van der Waals surface area (Å²) in [7, 11) is 0. The Morgan fingerprint density at radius 2 is 1.90 bits per heavy atom. The summed E-state index contributed by atoms with van der Waals surface area (Å²) in [4.78, 5) is 12.0. The number of carbonyl (C=O) groups excluding carboxylic acids is 1. The number of hydrogen-bond acceptors (Lipinski definition) is 3. The molecule has 112 valence electrons. The predicted octanol–water partition coefficient (Wildman–Crippen LogP) is 3.17. The van der Waals surface area contributed by atoms with Crippen LogP contribution in [0.1, 0.15) is 39.2 Å². The number of ether oxygens (including phenoxy) is 1. The average molecular weight is 277 g/mol. The Labute approximate surface area is 122 Å². The minimum atomic E-state index is -0.188. The van der Waals surface area contributed by atoms with Crippen molar-refractivity contribution in [3.05, 3.63) is 35.9 Å². The molecule has 0 aliphatic rings.